The summed E-state index contributed by atoms with van der Waals surface area (Å²) in [5, 5.41) is 10.5. The van der Waals surface area contributed by atoms with Crippen LogP contribution in [0.3, 0.4) is 0 Å². The molecule has 0 radical (unpaired) electrons. The van der Waals surface area contributed by atoms with Crippen LogP contribution in [0, 0.1) is 0 Å². The minimum Gasteiger partial charge on any atom is -0.378 e. The Balaban J connectivity index is 1.35. The van der Waals surface area contributed by atoms with Gasteiger partial charge in [0.1, 0.15) is 0 Å². The summed E-state index contributed by atoms with van der Waals surface area (Å²) in [4.78, 5) is 29.3. The molecule has 148 valence electrons. The first kappa shape index (κ1) is 17.8. The highest BCUT2D eigenvalue weighted by molar-refractivity contribution is 5.98. The summed E-state index contributed by atoms with van der Waals surface area (Å²) in [5.74, 6) is 0.828. The minimum absolute atomic E-state index is 0.0361. The Hall–Kier alpha value is -3.26. The summed E-state index contributed by atoms with van der Waals surface area (Å²) in [5.41, 5.74) is 0.654. The van der Waals surface area contributed by atoms with Crippen LogP contribution in [-0.2, 0) is 17.8 Å². The Bertz CT molecular complexity index is 1090. The number of morpholine rings is 1. The van der Waals surface area contributed by atoms with Crippen molar-refractivity contribution in [3.63, 3.8) is 0 Å². The second-order valence-corrected chi connectivity index (χ2v) is 7.28. The maximum Gasteiger partial charge on any atom is 0.291 e. The molecule has 0 spiro atoms. The molecule has 1 fully saturated rings. The largest absolute Gasteiger partial charge is 0.378 e. The van der Waals surface area contributed by atoms with Crippen molar-refractivity contribution in [3.8, 4) is 0 Å². The summed E-state index contributed by atoms with van der Waals surface area (Å²) < 4.78 is 7.14. The van der Waals surface area contributed by atoms with Gasteiger partial charge in [0, 0.05) is 31.7 Å². The van der Waals surface area contributed by atoms with E-state index in [9.17, 15) is 9.59 Å². The highest BCUT2D eigenvalue weighted by Crippen LogP contribution is 2.20. The van der Waals surface area contributed by atoms with Crippen LogP contribution in [0.2, 0.25) is 0 Å². The normalized spacial score (nSPS) is 16.7. The van der Waals surface area contributed by atoms with Gasteiger partial charge in [0.2, 0.25) is 5.82 Å². The Morgan fingerprint density at radius 1 is 0.828 bits per heavy atom. The first-order chi connectivity index (χ1) is 14.2. The van der Waals surface area contributed by atoms with Crippen molar-refractivity contribution >= 4 is 22.6 Å². The quantitative estimate of drug-likeness (QED) is 0.662. The molecule has 2 amide bonds. The Labute approximate surface area is 167 Å². The predicted molar refractivity (Wildman–Crippen MR) is 105 cm³/mol. The zero-order valence-electron chi connectivity index (χ0n) is 16.0. The van der Waals surface area contributed by atoms with Gasteiger partial charge in [-0.2, -0.15) is 0 Å². The van der Waals surface area contributed by atoms with Crippen molar-refractivity contribution in [2.24, 2.45) is 0 Å². The number of rotatable bonds is 2. The molecule has 0 atom stereocenters. The molecule has 29 heavy (non-hydrogen) atoms. The maximum atomic E-state index is 13.0. The monoisotopic (exact) mass is 391 g/mol. The zero-order chi connectivity index (χ0) is 19.8. The van der Waals surface area contributed by atoms with Crippen molar-refractivity contribution in [3.05, 3.63) is 59.7 Å². The molecule has 0 N–H and O–H groups in total. The van der Waals surface area contributed by atoms with Crippen LogP contribution in [0.5, 0.6) is 0 Å². The van der Waals surface area contributed by atoms with E-state index in [1.807, 2.05) is 47.0 Å². The van der Waals surface area contributed by atoms with E-state index in [0.717, 1.165) is 10.8 Å². The molecular formula is C21H21N5O3. The van der Waals surface area contributed by atoms with Crippen molar-refractivity contribution in [2.45, 2.75) is 13.1 Å². The van der Waals surface area contributed by atoms with Crippen molar-refractivity contribution in [1.82, 2.24) is 24.6 Å². The number of ether oxygens (including phenoxy) is 1. The third-order valence-corrected chi connectivity index (χ3v) is 5.53. The molecular weight excluding hydrogens is 370 g/mol. The van der Waals surface area contributed by atoms with E-state index in [4.69, 9.17) is 4.74 Å². The van der Waals surface area contributed by atoms with Gasteiger partial charge in [-0.3, -0.25) is 9.59 Å². The molecule has 2 aliphatic rings. The van der Waals surface area contributed by atoms with Crippen molar-refractivity contribution in [2.75, 3.05) is 32.8 Å². The van der Waals surface area contributed by atoms with E-state index in [0.29, 0.717) is 63.1 Å². The van der Waals surface area contributed by atoms with Crippen LogP contribution in [0.15, 0.2) is 42.5 Å². The molecule has 2 aromatic carbocycles. The van der Waals surface area contributed by atoms with E-state index >= 15 is 0 Å². The van der Waals surface area contributed by atoms with Crippen LogP contribution < -0.4 is 0 Å². The molecule has 1 aromatic heterocycles. The third-order valence-electron chi connectivity index (χ3n) is 5.53. The van der Waals surface area contributed by atoms with Gasteiger partial charge in [0.25, 0.3) is 11.8 Å². The summed E-state index contributed by atoms with van der Waals surface area (Å²) in [6.07, 6.45) is 0. The number of carbonyl (C=O) groups excluding carboxylic acids is 2. The second-order valence-electron chi connectivity index (χ2n) is 7.28. The van der Waals surface area contributed by atoms with Gasteiger partial charge in [-0.1, -0.05) is 30.3 Å². The Kier molecular flexibility index (Phi) is 4.48. The van der Waals surface area contributed by atoms with Gasteiger partial charge in [-0.05, 0) is 22.9 Å². The number of benzene rings is 2. The van der Waals surface area contributed by atoms with Gasteiger partial charge in [0.15, 0.2) is 5.82 Å². The van der Waals surface area contributed by atoms with Crippen LogP contribution >= 0.6 is 0 Å². The molecule has 3 aromatic rings. The topological polar surface area (TPSA) is 80.6 Å². The maximum absolute atomic E-state index is 13.0. The van der Waals surface area contributed by atoms with Gasteiger partial charge in [-0.15, -0.1) is 10.2 Å². The Morgan fingerprint density at radius 2 is 1.62 bits per heavy atom. The first-order valence-electron chi connectivity index (χ1n) is 9.78. The van der Waals surface area contributed by atoms with Crippen LogP contribution in [0.25, 0.3) is 10.8 Å². The van der Waals surface area contributed by atoms with Gasteiger partial charge in [-0.25, -0.2) is 0 Å². The van der Waals surface area contributed by atoms with Crippen molar-refractivity contribution in [1.29, 1.82) is 0 Å². The van der Waals surface area contributed by atoms with E-state index in [-0.39, 0.29) is 11.8 Å². The number of hydrogen-bond donors (Lipinski definition) is 0. The SMILES string of the molecule is O=C(c1ccc2ccccc2c1)N1CCn2c(nnc2C(=O)N2CCOCC2)C1. The number of fused-ring (bicyclic) bond motifs is 2. The molecule has 0 aliphatic carbocycles. The number of carbonyl (C=O) groups is 2. The van der Waals surface area contributed by atoms with Crippen LogP contribution in [0.1, 0.15) is 26.8 Å². The highest BCUT2D eigenvalue weighted by Gasteiger charge is 2.30. The molecule has 5 rings (SSSR count). The number of amides is 2. The lowest BCUT2D eigenvalue weighted by molar-refractivity contribution is 0.0289. The lowest BCUT2D eigenvalue weighted by Gasteiger charge is -2.29. The fourth-order valence-corrected chi connectivity index (χ4v) is 3.90. The molecule has 8 nitrogen and oxygen atoms in total. The molecule has 0 unspecified atom stereocenters. The number of hydrogen-bond acceptors (Lipinski definition) is 5. The number of aromatic nitrogens is 3. The van der Waals surface area contributed by atoms with E-state index in [1.54, 1.807) is 9.80 Å². The summed E-state index contributed by atoms with van der Waals surface area (Å²) >= 11 is 0. The van der Waals surface area contributed by atoms with E-state index < -0.39 is 0 Å². The van der Waals surface area contributed by atoms with E-state index in [2.05, 4.69) is 10.2 Å². The Morgan fingerprint density at radius 3 is 2.45 bits per heavy atom. The predicted octanol–water partition coefficient (Wildman–Crippen LogP) is 1.56. The second kappa shape index (κ2) is 7.29. The zero-order valence-corrected chi connectivity index (χ0v) is 16.0. The minimum atomic E-state index is -0.124. The summed E-state index contributed by atoms with van der Waals surface area (Å²) in [6, 6.07) is 13.7. The fraction of sp³-hybridized carbons (Fsp3) is 0.333. The molecule has 0 saturated carbocycles. The molecule has 3 heterocycles. The summed E-state index contributed by atoms with van der Waals surface area (Å²) in [7, 11) is 0. The molecule has 1 saturated heterocycles. The van der Waals surface area contributed by atoms with Gasteiger partial charge in [0.05, 0.1) is 19.8 Å². The van der Waals surface area contributed by atoms with Crippen molar-refractivity contribution < 1.29 is 14.3 Å². The summed E-state index contributed by atoms with van der Waals surface area (Å²) in [6.45, 7) is 3.57. The standard InChI is InChI=1S/C21H21N5O3/c27-20(17-6-5-15-3-1-2-4-16(15)13-17)25-7-8-26-18(14-25)22-23-19(26)21(28)24-9-11-29-12-10-24/h1-6,13H,7-12,14H2. The van der Waals surface area contributed by atoms with Crippen LogP contribution in [0.4, 0.5) is 0 Å². The fourth-order valence-electron chi connectivity index (χ4n) is 3.90. The lowest BCUT2D eigenvalue weighted by atomic mass is 10.1. The molecule has 8 heteroatoms. The lowest BCUT2D eigenvalue weighted by Crippen LogP contribution is -2.43. The first-order valence-corrected chi connectivity index (χ1v) is 9.78. The molecule has 2 aliphatic heterocycles. The van der Waals surface area contributed by atoms with Gasteiger partial charge < -0.3 is 19.1 Å². The molecule has 0 bridgehead atoms. The van der Waals surface area contributed by atoms with Crippen LogP contribution in [-0.4, -0.2) is 69.2 Å². The van der Waals surface area contributed by atoms with E-state index in [1.165, 1.54) is 0 Å². The average Bonchev–Trinajstić information content (AvgIpc) is 3.21. The van der Waals surface area contributed by atoms with Gasteiger partial charge >= 0.3 is 0 Å². The highest BCUT2D eigenvalue weighted by atomic mass is 16.5. The smallest absolute Gasteiger partial charge is 0.291 e. The average molecular weight is 391 g/mol. The third kappa shape index (κ3) is 3.25. The number of nitrogens with zero attached hydrogens (tertiary/aromatic N) is 5.